The van der Waals surface area contributed by atoms with Gasteiger partial charge in [-0.05, 0) is 34.1 Å². The average Bonchev–Trinajstić information content (AvgIpc) is 2.79. The van der Waals surface area contributed by atoms with E-state index >= 15 is 0 Å². The first-order valence-electron chi connectivity index (χ1n) is 6.00. The molecule has 0 aliphatic heterocycles. The zero-order chi connectivity index (χ0) is 14.0. The van der Waals surface area contributed by atoms with Crippen LogP contribution in [0.15, 0.2) is 28.1 Å². The van der Waals surface area contributed by atoms with Crippen LogP contribution in [0.25, 0.3) is 0 Å². The Morgan fingerprint density at radius 2 is 2.11 bits per heavy atom. The molecule has 0 aliphatic rings. The lowest BCUT2D eigenvalue weighted by Crippen LogP contribution is -2.11. The SMILES string of the molecule is CC(C)(C)c1nc(CNc2ccc(Br)c(F)c2)cs1. The molecule has 1 heterocycles. The van der Waals surface area contributed by atoms with Crippen LogP contribution < -0.4 is 5.32 Å². The maximum Gasteiger partial charge on any atom is 0.139 e. The van der Waals surface area contributed by atoms with Crippen LogP contribution in [0, 0.1) is 5.82 Å². The Kier molecular flexibility index (Phi) is 4.26. The molecular formula is C14H16BrFN2S. The highest BCUT2D eigenvalue weighted by atomic mass is 79.9. The van der Waals surface area contributed by atoms with Gasteiger partial charge in [-0.25, -0.2) is 9.37 Å². The largest absolute Gasteiger partial charge is 0.379 e. The van der Waals surface area contributed by atoms with E-state index in [1.165, 1.54) is 6.07 Å². The molecule has 102 valence electrons. The van der Waals surface area contributed by atoms with Gasteiger partial charge in [0.05, 0.1) is 21.7 Å². The van der Waals surface area contributed by atoms with Crippen molar-refractivity contribution >= 4 is 33.0 Å². The van der Waals surface area contributed by atoms with Crippen LogP contribution in [0.3, 0.4) is 0 Å². The molecule has 2 rings (SSSR count). The number of aromatic nitrogens is 1. The fraction of sp³-hybridized carbons (Fsp3) is 0.357. The van der Waals surface area contributed by atoms with Crippen molar-refractivity contribution in [3.8, 4) is 0 Å². The van der Waals surface area contributed by atoms with Crippen LogP contribution in [0.2, 0.25) is 0 Å². The minimum atomic E-state index is -0.265. The molecule has 0 atom stereocenters. The number of nitrogens with one attached hydrogen (secondary N) is 1. The topological polar surface area (TPSA) is 24.9 Å². The molecule has 0 radical (unpaired) electrons. The van der Waals surface area contributed by atoms with Crippen molar-refractivity contribution in [2.45, 2.75) is 32.7 Å². The molecule has 2 aromatic rings. The van der Waals surface area contributed by atoms with Gasteiger partial charge in [0.1, 0.15) is 5.82 Å². The van der Waals surface area contributed by atoms with Crippen LogP contribution in [0.5, 0.6) is 0 Å². The summed E-state index contributed by atoms with van der Waals surface area (Å²) in [6.45, 7) is 7.04. The molecule has 0 saturated heterocycles. The molecule has 0 amide bonds. The van der Waals surface area contributed by atoms with Gasteiger partial charge >= 0.3 is 0 Å². The molecule has 0 aliphatic carbocycles. The maximum absolute atomic E-state index is 13.4. The molecule has 0 saturated carbocycles. The minimum Gasteiger partial charge on any atom is -0.379 e. The molecule has 0 bridgehead atoms. The third kappa shape index (κ3) is 3.76. The summed E-state index contributed by atoms with van der Waals surface area (Å²) in [7, 11) is 0. The molecule has 2 nitrogen and oxygen atoms in total. The van der Waals surface area contributed by atoms with Gasteiger partial charge in [-0.1, -0.05) is 20.8 Å². The number of anilines is 1. The number of nitrogens with zero attached hydrogens (tertiary/aromatic N) is 1. The van der Waals surface area contributed by atoms with E-state index in [2.05, 4.69) is 47.0 Å². The molecule has 5 heteroatoms. The number of thiazole rings is 1. The van der Waals surface area contributed by atoms with Crippen molar-refractivity contribution in [3.63, 3.8) is 0 Å². The molecule has 19 heavy (non-hydrogen) atoms. The Hall–Kier alpha value is -0.940. The van der Waals surface area contributed by atoms with Gasteiger partial charge in [-0.2, -0.15) is 0 Å². The van der Waals surface area contributed by atoms with Crippen LogP contribution in [0.1, 0.15) is 31.5 Å². The van der Waals surface area contributed by atoms with Gasteiger partial charge in [0.25, 0.3) is 0 Å². The minimum absolute atomic E-state index is 0.0760. The monoisotopic (exact) mass is 342 g/mol. The quantitative estimate of drug-likeness (QED) is 0.853. The van der Waals surface area contributed by atoms with Gasteiger partial charge in [0, 0.05) is 16.5 Å². The standard InChI is InChI=1S/C14H16BrFN2S/c1-14(2,3)13-18-10(8-19-13)7-17-9-4-5-11(15)12(16)6-9/h4-6,8,17H,7H2,1-3H3. The first-order valence-corrected chi connectivity index (χ1v) is 7.67. The van der Waals surface area contributed by atoms with Crippen molar-refractivity contribution in [2.75, 3.05) is 5.32 Å². The van der Waals surface area contributed by atoms with Crippen molar-refractivity contribution in [2.24, 2.45) is 0 Å². The Bertz CT molecular complexity index is 575. The van der Waals surface area contributed by atoms with E-state index in [0.29, 0.717) is 11.0 Å². The summed E-state index contributed by atoms with van der Waals surface area (Å²) in [4.78, 5) is 4.59. The summed E-state index contributed by atoms with van der Waals surface area (Å²) < 4.78 is 13.8. The number of benzene rings is 1. The molecule has 1 aromatic carbocycles. The summed E-state index contributed by atoms with van der Waals surface area (Å²) in [6.07, 6.45) is 0. The lowest BCUT2D eigenvalue weighted by atomic mass is 9.98. The van der Waals surface area contributed by atoms with E-state index in [1.807, 2.05) is 11.4 Å². The highest BCUT2D eigenvalue weighted by Gasteiger charge is 2.17. The zero-order valence-corrected chi connectivity index (χ0v) is 13.5. The van der Waals surface area contributed by atoms with E-state index in [0.717, 1.165) is 16.4 Å². The molecule has 0 unspecified atom stereocenters. The predicted octanol–water partition coefficient (Wildman–Crippen LogP) is 4.95. The van der Waals surface area contributed by atoms with Crippen molar-refractivity contribution in [1.29, 1.82) is 0 Å². The summed E-state index contributed by atoms with van der Waals surface area (Å²) in [5.74, 6) is -0.265. The normalized spacial score (nSPS) is 11.6. The average molecular weight is 343 g/mol. The van der Waals surface area contributed by atoms with E-state index in [9.17, 15) is 4.39 Å². The lowest BCUT2D eigenvalue weighted by molar-refractivity contribution is 0.583. The first kappa shape index (κ1) is 14.5. The second-order valence-corrected chi connectivity index (χ2v) is 7.09. The summed E-state index contributed by atoms with van der Waals surface area (Å²) in [6, 6.07) is 5.00. The van der Waals surface area contributed by atoms with Crippen LogP contribution in [-0.4, -0.2) is 4.98 Å². The Balaban J connectivity index is 2.02. The maximum atomic E-state index is 13.4. The Morgan fingerprint density at radius 1 is 1.37 bits per heavy atom. The summed E-state index contributed by atoms with van der Waals surface area (Å²) in [5.41, 5.74) is 1.82. The first-order chi connectivity index (χ1) is 8.86. The number of halogens is 2. The second-order valence-electron chi connectivity index (χ2n) is 5.38. The lowest BCUT2D eigenvalue weighted by Gasteiger charge is -2.13. The molecule has 0 spiro atoms. The predicted molar refractivity (Wildman–Crippen MR) is 82.2 cm³/mol. The van der Waals surface area contributed by atoms with Gasteiger partial charge in [-0.3, -0.25) is 0 Å². The smallest absolute Gasteiger partial charge is 0.139 e. The van der Waals surface area contributed by atoms with Crippen molar-refractivity contribution in [1.82, 2.24) is 4.98 Å². The van der Waals surface area contributed by atoms with E-state index < -0.39 is 0 Å². The third-order valence-corrected chi connectivity index (χ3v) is 4.55. The van der Waals surface area contributed by atoms with E-state index in [4.69, 9.17) is 0 Å². The molecular weight excluding hydrogens is 327 g/mol. The van der Waals surface area contributed by atoms with Crippen LogP contribution in [0.4, 0.5) is 10.1 Å². The number of rotatable bonds is 3. The van der Waals surface area contributed by atoms with Crippen molar-refractivity contribution < 1.29 is 4.39 Å². The van der Waals surface area contributed by atoms with Crippen LogP contribution in [-0.2, 0) is 12.0 Å². The highest BCUT2D eigenvalue weighted by molar-refractivity contribution is 9.10. The summed E-state index contributed by atoms with van der Waals surface area (Å²) in [5, 5.41) is 6.34. The van der Waals surface area contributed by atoms with Crippen molar-refractivity contribution in [3.05, 3.63) is 44.6 Å². The fourth-order valence-electron chi connectivity index (χ4n) is 1.53. The third-order valence-electron chi connectivity index (χ3n) is 2.59. The van der Waals surface area contributed by atoms with Gasteiger partial charge < -0.3 is 5.32 Å². The van der Waals surface area contributed by atoms with Gasteiger partial charge in [-0.15, -0.1) is 11.3 Å². The second kappa shape index (κ2) is 5.59. The number of hydrogen-bond acceptors (Lipinski definition) is 3. The van der Waals surface area contributed by atoms with Gasteiger partial charge in [0.2, 0.25) is 0 Å². The highest BCUT2D eigenvalue weighted by Crippen LogP contribution is 2.26. The fourth-order valence-corrected chi connectivity index (χ4v) is 2.69. The molecule has 0 fully saturated rings. The number of hydrogen-bond donors (Lipinski definition) is 1. The summed E-state index contributed by atoms with van der Waals surface area (Å²) >= 11 is 4.80. The molecule has 1 aromatic heterocycles. The van der Waals surface area contributed by atoms with E-state index in [1.54, 1.807) is 17.4 Å². The van der Waals surface area contributed by atoms with Gasteiger partial charge in [0.15, 0.2) is 0 Å². The van der Waals surface area contributed by atoms with Crippen LogP contribution >= 0.6 is 27.3 Å². The Morgan fingerprint density at radius 3 is 2.68 bits per heavy atom. The molecule has 1 N–H and O–H groups in total. The Labute approximate surface area is 125 Å². The van der Waals surface area contributed by atoms with E-state index in [-0.39, 0.29) is 11.2 Å². The zero-order valence-electron chi connectivity index (χ0n) is 11.1.